The molecule has 3 rings (SSSR count). The largest absolute Gasteiger partial charge is 0.494 e. The normalized spacial score (nSPS) is 18.3. The van der Waals surface area contributed by atoms with E-state index in [4.69, 9.17) is 4.74 Å². The number of ether oxygens (including phenoxy) is 1. The Balaban J connectivity index is 1.70. The van der Waals surface area contributed by atoms with Gasteiger partial charge in [0, 0.05) is 5.69 Å². The van der Waals surface area contributed by atoms with Crippen LogP contribution in [0.3, 0.4) is 0 Å². The first-order valence-corrected chi connectivity index (χ1v) is 8.50. The number of nitrogens with one attached hydrogen (secondary N) is 1. The van der Waals surface area contributed by atoms with Crippen molar-refractivity contribution in [3.05, 3.63) is 60.2 Å². The molecule has 1 aliphatic rings. The lowest BCUT2D eigenvalue weighted by Crippen LogP contribution is -2.36. The van der Waals surface area contributed by atoms with E-state index in [1.807, 2.05) is 68.4 Å². The Kier molecular flexibility index (Phi) is 5.03. The molecular formula is C20H22N2O3. The molecule has 1 N–H and O–H groups in total. The Morgan fingerprint density at radius 3 is 2.44 bits per heavy atom. The summed E-state index contributed by atoms with van der Waals surface area (Å²) < 4.78 is 5.41. The van der Waals surface area contributed by atoms with Crippen LogP contribution in [0.4, 0.5) is 5.69 Å². The van der Waals surface area contributed by atoms with Gasteiger partial charge in [-0.3, -0.25) is 14.5 Å². The van der Waals surface area contributed by atoms with Gasteiger partial charge in [0.2, 0.25) is 5.91 Å². The highest BCUT2D eigenvalue weighted by Crippen LogP contribution is 2.28. The Labute approximate surface area is 147 Å². The zero-order valence-electron chi connectivity index (χ0n) is 14.4. The monoisotopic (exact) mass is 338 g/mol. The number of anilines is 1. The van der Waals surface area contributed by atoms with E-state index in [1.165, 1.54) is 4.90 Å². The molecule has 1 fully saturated rings. The Hall–Kier alpha value is -2.82. The molecule has 5 nitrogen and oxygen atoms in total. The maximum atomic E-state index is 12.7. The molecule has 2 aromatic rings. The summed E-state index contributed by atoms with van der Waals surface area (Å²) >= 11 is 0. The first-order valence-electron chi connectivity index (χ1n) is 8.50. The highest BCUT2D eigenvalue weighted by molar-refractivity contribution is 6.07. The van der Waals surface area contributed by atoms with E-state index in [1.54, 1.807) is 0 Å². The lowest BCUT2D eigenvalue weighted by Gasteiger charge is -2.23. The van der Waals surface area contributed by atoms with Gasteiger partial charge in [-0.15, -0.1) is 0 Å². The quantitative estimate of drug-likeness (QED) is 0.820. The van der Waals surface area contributed by atoms with Gasteiger partial charge in [0.15, 0.2) is 0 Å². The SMILES string of the molecule is CCOc1ccc(NC2CC(=O)N(C(C)c3ccccc3)C2=O)cc1. The fourth-order valence-corrected chi connectivity index (χ4v) is 3.07. The van der Waals surface area contributed by atoms with E-state index in [9.17, 15) is 9.59 Å². The minimum Gasteiger partial charge on any atom is -0.494 e. The number of hydrogen-bond acceptors (Lipinski definition) is 4. The van der Waals surface area contributed by atoms with Crippen LogP contribution >= 0.6 is 0 Å². The van der Waals surface area contributed by atoms with E-state index < -0.39 is 6.04 Å². The summed E-state index contributed by atoms with van der Waals surface area (Å²) in [6, 6.07) is 16.2. The van der Waals surface area contributed by atoms with Crippen molar-refractivity contribution in [1.29, 1.82) is 0 Å². The van der Waals surface area contributed by atoms with Crippen LogP contribution < -0.4 is 10.1 Å². The maximum Gasteiger partial charge on any atom is 0.252 e. The van der Waals surface area contributed by atoms with Crippen molar-refractivity contribution in [2.24, 2.45) is 0 Å². The van der Waals surface area contributed by atoms with Crippen LogP contribution in [0.2, 0.25) is 0 Å². The van der Waals surface area contributed by atoms with Crippen molar-refractivity contribution in [1.82, 2.24) is 4.90 Å². The predicted octanol–water partition coefficient (Wildman–Crippen LogP) is 3.39. The fourth-order valence-electron chi connectivity index (χ4n) is 3.07. The van der Waals surface area contributed by atoms with E-state index in [0.29, 0.717) is 6.61 Å². The van der Waals surface area contributed by atoms with Crippen molar-refractivity contribution < 1.29 is 14.3 Å². The Bertz CT molecular complexity index is 743. The summed E-state index contributed by atoms with van der Waals surface area (Å²) in [5.74, 6) is 0.446. The second-order valence-electron chi connectivity index (χ2n) is 6.05. The third-order valence-corrected chi connectivity index (χ3v) is 4.36. The Morgan fingerprint density at radius 2 is 1.80 bits per heavy atom. The third kappa shape index (κ3) is 3.65. The van der Waals surface area contributed by atoms with Gasteiger partial charge in [0.25, 0.3) is 5.91 Å². The van der Waals surface area contributed by atoms with Crippen LogP contribution in [-0.4, -0.2) is 29.4 Å². The number of nitrogens with zero attached hydrogens (tertiary/aromatic N) is 1. The van der Waals surface area contributed by atoms with Gasteiger partial charge in [0.1, 0.15) is 11.8 Å². The van der Waals surface area contributed by atoms with Gasteiger partial charge in [-0.25, -0.2) is 0 Å². The molecule has 2 amide bonds. The molecule has 0 aliphatic carbocycles. The molecular weight excluding hydrogens is 316 g/mol. The minimum absolute atomic E-state index is 0.148. The van der Waals surface area contributed by atoms with Gasteiger partial charge in [-0.2, -0.15) is 0 Å². The molecule has 2 atom stereocenters. The number of hydrogen-bond donors (Lipinski definition) is 1. The molecule has 0 aromatic heterocycles. The summed E-state index contributed by atoms with van der Waals surface area (Å²) in [6.45, 7) is 4.41. The fraction of sp³-hybridized carbons (Fsp3) is 0.300. The summed E-state index contributed by atoms with van der Waals surface area (Å²) in [5.41, 5.74) is 1.75. The van der Waals surface area contributed by atoms with Gasteiger partial charge < -0.3 is 10.1 Å². The minimum atomic E-state index is -0.531. The van der Waals surface area contributed by atoms with Gasteiger partial charge in [-0.05, 0) is 43.7 Å². The molecule has 1 saturated heterocycles. The molecule has 25 heavy (non-hydrogen) atoms. The van der Waals surface area contributed by atoms with Crippen LogP contribution in [0.15, 0.2) is 54.6 Å². The molecule has 1 heterocycles. The first kappa shape index (κ1) is 17.0. The standard InChI is InChI=1S/C20H22N2O3/c1-3-25-17-11-9-16(10-12-17)21-18-13-19(23)22(20(18)24)14(2)15-7-5-4-6-8-15/h4-12,14,18,21H,3,13H2,1-2H3. The van der Waals surface area contributed by atoms with Crippen molar-refractivity contribution in [3.8, 4) is 5.75 Å². The molecule has 0 bridgehead atoms. The molecule has 5 heteroatoms. The van der Waals surface area contributed by atoms with Crippen LogP contribution in [0, 0.1) is 0 Å². The molecule has 130 valence electrons. The summed E-state index contributed by atoms with van der Waals surface area (Å²) in [5, 5.41) is 3.16. The zero-order valence-corrected chi connectivity index (χ0v) is 14.4. The number of carbonyl (C=O) groups excluding carboxylic acids is 2. The average Bonchev–Trinajstić information content (AvgIpc) is 2.90. The van der Waals surface area contributed by atoms with Crippen molar-refractivity contribution in [2.75, 3.05) is 11.9 Å². The summed E-state index contributed by atoms with van der Waals surface area (Å²) in [4.78, 5) is 26.5. The van der Waals surface area contributed by atoms with Crippen LogP contribution in [0.5, 0.6) is 5.75 Å². The smallest absolute Gasteiger partial charge is 0.252 e. The number of benzene rings is 2. The lowest BCUT2D eigenvalue weighted by molar-refractivity contribution is -0.141. The van der Waals surface area contributed by atoms with Crippen LogP contribution in [-0.2, 0) is 9.59 Å². The number of likely N-dealkylation sites (tertiary alicyclic amines) is 1. The molecule has 0 spiro atoms. The highest BCUT2D eigenvalue weighted by atomic mass is 16.5. The number of imide groups is 1. The van der Waals surface area contributed by atoms with E-state index in [0.717, 1.165) is 17.0 Å². The predicted molar refractivity (Wildman–Crippen MR) is 96.3 cm³/mol. The highest BCUT2D eigenvalue weighted by Gasteiger charge is 2.41. The lowest BCUT2D eigenvalue weighted by atomic mass is 10.1. The molecule has 0 saturated carbocycles. The third-order valence-electron chi connectivity index (χ3n) is 4.36. The van der Waals surface area contributed by atoms with Crippen LogP contribution in [0.1, 0.15) is 31.9 Å². The number of carbonyl (C=O) groups is 2. The van der Waals surface area contributed by atoms with Gasteiger partial charge >= 0.3 is 0 Å². The second-order valence-corrected chi connectivity index (χ2v) is 6.05. The van der Waals surface area contributed by atoms with Gasteiger partial charge in [-0.1, -0.05) is 30.3 Å². The molecule has 0 radical (unpaired) electrons. The molecule has 2 aromatic carbocycles. The topological polar surface area (TPSA) is 58.6 Å². The molecule has 2 unspecified atom stereocenters. The second kappa shape index (κ2) is 7.38. The first-order chi connectivity index (χ1) is 12.1. The van der Waals surface area contributed by atoms with Crippen molar-refractivity contribution in [2.45, 2.75) is 32.4 Å². The van der Waals surface area contributed by atoms with Crippen molar-refractivity contribution in [3.63, 3.8) is 0 Å². The van der Waals surface area contributed by atoms with Crippen LogP contribution in [0.25, 0.3) is 0 Å². The molecule has 1 aliphatic heterocycles. The van der Waals surface area contributed by atoms with E-state index in [2.05, 4.69) is 5.32 Å². The number of rotatable bonds is 6. The maximum absolute atomic E-state index is 12.7. The Morgan fingerprint density at radius 1 is 1.12 bits per heavy atom. The van der Waals surface area contributed by atoms with E-state index >= 15 is 0 Å². The number of amides is 2. The zero-order chi connectivity index (χ0) is 17.8. The van der Waals surface area contributed by atoms with E-state index in [-0.39, 0.29) is 24.3 Å². The van der Waals surface area contributed by atoms with Gasteiger partial charge in [0.05, 0.1) is 19.1 Å². The summed E-state index contributed by atoms with van der Waals surface area (Å²) in [6.07, 6.45) is 0.170. The van der Waals surface area contributed by atoms with Crippen molar-refractivity contribution >= 4 is 17.5 Å². The average molecular weight is 338 g/mol. The summed E-state index contributed by atoms with van der Waals surface area (Å²) in [7, 11) is 0.